The first kappa shape index (κ1) is 23.4. The Labute approximate surface area is 153 Å². The number of hydrogen-bond acceptors (Lipinski definition) is 7. The summed E-state index contributed by atoms with van der Waals surface area (Å²) in [6.45, 7) is 12.0. The van der Waals surface area contributed by atoms with Crippen molar-refractivity contribution < 1.29 is 33.4 Å². The van der Waals surface area contributed by atoms with Gasteiger partial charge in [-0.15, -0.1) is 0 Å². The molecule has 0 saturated carbocycles. The van der Waals surface area contributed by atoms with E-state index in [1.807, 2.05) is 0 Å². The number of rotatable bonds is 10. The van der Waals surface area contributed by atoms with Crippen molar-refractivity contribution in [3.8, 4) is 0 Å². The molecule has 1 atom stereocenters. The van der Waals surface area contributed by atoms with Gasteiger partial charge in [0.05, 0.1) is 6.61 Å². The second-order valence-electron chi connectivity index (χ2n) is 6.10. The topological polar surface area (TPSA) is 103 Å². The minimum absolute atomic E-state index is 0.00184. The summed E-state index contributed by atoms with van der Waals surface area (Å²) >= 11 is 0. The van der Waals surface area contributed by atoms with Crippen molar-refractivity contribution in [1.29, 1.82) is 0 Å². The van der Waals surface area contributed by atoms with Gasteiger partial charge in [0.2, 0.25) is 0 Å². The largest absolute Gasteiger partial charge is 0.460 e. The highest BCUT2D eigenvalue weighted by Crippen LogP contribution is 2.09. The van der Waals surface area contributed by atoms with E-state index in [0.717, 1.165) is 5.06 Å². The summed E-state index contributed by atoms with van der Waals surface area (Å²) in [5.41, 5.74) is -0.664. The Balaban J connectivity index is 4.58. The molecule has 26 heavy (non-hydrogen) atoms. The Morgan fingerprint density at radius 1 is 1.12 bits per heavy atom. The Hall–Kier alpha value is -2.55. The van der Waals surface area contributed by atoms with E-state index >= 15 is 0 Å². The standard InChI is InChI=1S/C17H28N2O7/c1-7-10-23-14(20)13(18-15(21)24-11-8-2)9-12-25-19(6)16(22)26-17(3,4)5/h7-8,13H,1-2,9-12H2,3-6H3,(H,18,21)/t13-/m0/s1. The third kappa shape index (κ3) is 11.1. The molecule has 9 heteroatoms. The molecule has 0 rings (SSSR count). The fourth-order valence-corrected chi connectivity index (χ4v) is 1.50. The average molecular weight is 372 g/mol. The van der Waals surface area contributed by atoms with Crippen molar-refractivity contribution >= 4 is 18.2 Å². The van der Waals surface area contributed by atoms with Crippen molar-refractivity contribution in [3.05, 3.63) is 25.3 Å². The highest BCUT2D eigenvalue weighted by molar-refractivity contribution is 5.81. The number of carbonyl (C=O) groups excluding carboxylic acids is 3. The molecule has 0 radical (unpaired) electrons. The van der Waals surface area contributed by atoms with Crippen LogP contribution in [0.15, 0.2) is 25.3 Å². The van der Waals surface area contributed by atoms with Crippen molar-refractivity contribution in [2.24, 2.45) is 0 Å². The van der Waals surface area contributed by atoms with Crippen LogP contribution < -0.4 is 5.32 Å². The minimum atomic E-state index is -1.01. The Kier molecular flexibility index (Phi) is 10.7. The van der Waals surface area contributed by atoms with Gasteiger partial charge in [-0.25, -0.2) is 14.4 Å². The summed E-state index contributed by atoms with van der Waals surface area (Å²) in [6, 6.07) is -1.01. The molecule has 0 bridgehead atoms. The van der Waals surface area contributed by atoms with Gasteiger partial charge in [-0.1, -0.05) is 25.3 Å². The molecule has 0 aliphatic rings. The molecule has 0 unspecified atom stereocenters. The summed E-state index contributed by atoms with van der Waals surface area (Å²) in [5, 5.41) is 3.28. The summed E-state index contributed by atoms with van der Waals surface area (Å²) in [5.74, 6) is -0.677. The molecule has 0 aromatic carbocycles. The fourth-order valence-electron chi connectivity index (χ4n) is 1.50. The minimum Gasteiger partial charge on any atom is -0.460 e. The third-order valence-corrected chi connectivity index (χ3v) is 2.59. The van der Waals surface area contributed by atoms with E-state index in [0.29, 0.717) is 0 Å². The van der Waals surface area contributed by atoms with Gasteiger partial charge in [-0.3, -0.25) is 4.84 Å². The van der Waals surface area contributed by atoms with Gasteiger partial charge < -0.3 is 19.5 Å². The summed E-state index contributed by atoms with van der Waals surface area (Å²) < 4.78 is 14.8. The molecular weight excluding hydrogens is 344 g/mol. The number of hydrogen-bond donors (Lipinski definition) is 1. The number of hydroxylamine groups is 2. The first-order valence-electron chi connectivity index (χ1n) is 8.02. The molecule has 0 saturated heterocycles. The van der Waals surface area contributed by atoms with Crippen molar-refractivity contribution in [2.75, 3.05) is 26.9 Å². The van der Waals surface area contributed by atoms with E-state index in [9.17, 15) is 14.4 Å². The number of alkyl carbamates (subject to hydrolysis) is 1. The van der Waals surface area contributed by atoms with Crippen LogP contribution in [-0.4, -0.2) is 61.7 Å². The normalized spacial score (nSPS) is 11.7. The average Bonchev–Trinajstić information content (AvgIpc) is 2.55. The second kappa shape index (κ2) is 11.9. The zero-order chi connectivity index (χ0) is 20.2. The SMILES string of the molecule is C=CCOC(=O)N[C@@H](CCON(C)C(=O)OC(C)(C)C)C(=O)OCC=C. The van der Waals surface area contributed by atoms with Crippen molar-refractivity contribution in [2.45, 2.75) is 38.8 Å². The molecule has 0 heterocycles. The zero-order valence-corrected chi connectivity index (χ0v) is 15.8. The molecule has 0 aromatic rings. The lowest BCUT2D eigenvalue weighted by Crippen LogP contribution is -2.43. The van der Waals surface area contributed by atoms with Gasteiger partial charge in [0.1, 0.15) is 24.9 Å². The zero-order valence-electron chi connectivity index (χ0n) is 15.8. The van der Waals surface area contributed by atoms with Crippen molar-refractivity contribution in [1.82, 2.24) is 10.4 Å². The third-order valence-electron chi connectivity index (χ3n) is 2.59. The smallest absolute Gasteiger partial charge is 0.434 e. The van der Waals surface area contributed by atoms with E-state index in [1.54, 1.807) is 20.8 Å². The second-order valence-corrected chi connectivity index (χ2v) is 6.10. The molecule has 148 valence electrons. The maximum atomic E-state index is 12.0. The van der Waals surface area contributed by atoms with Crippen LogP contribution in [0.2, 0.25) is 0 Å². The van der Waals surface area contributed by atoms with E-state index in [1.165, 1.54) is 19.2 Å². The Morgan fingerprint density at radius 2 is 1.69 bits per heavy atom. The molecule has 0 fully saturated rings. The molecule has 1 N–H and O–H groups in total. The van der Waals surface area contributed by atoms with E-state index in [4.69, 9.17) is 19.0 Å². The van der Waals surface area contributed by atoms with Gasteiger partial charge in [-0.2, -0.15) is 5.06 Å². The molecule has 0 spiro atoms. The van der Waals surface area contributed by atoms with E-state index < -0.39 is 29.8 Å². The van der Waals surface area contributed by atoms with Crippen LogP contribution in [0.1, 0.15) is 27.2 Å². The van der Waals surface area contributed by atoms with Crippen LogP contribution in [0.5, 0.6) is 0 Å². The molecule has 0 aliphatic heterocycles. The summed E-state index contributed by atoms with van der Waals surface area (Å²) in [7, 11) is 1.38. The Bertz CT molecular complexity index is 500. The Morgan fingerprint density at radius 3 is 2.23 bits per heavy atom. The van der Waals surface area contributed by atoms with Crippen LogP contribution in [0.25, 0.3) is 0 Å². The molecule has 0 aromatic heterocycles. The summed E-state index contributed by atoms with van der Waals surface area (Å²) in [4.78, 5) is 40.6. The number of ether oxygens (including phenoxy) is 3. The lowest BCUT2D eigenvalue weighted by Gasteiger charge is -2.24. The number of nitrogens with one attached hydrogen (secondary N) is 1. The molecule has 0 aliphatic carbocycles. The van der Waals surface area contributed by atoms with Gasteiger partial charge >= 0.3 is 18.2 Å². The van der Waals surface area contributed by atoms with Gasteiger partial charge in [-0.05, 0) is 20.8 Å². The van der Waals surface area contributed by atoms with Crippen LogP contribution in [-0.2, 0) is 23.8 Å². The lowest BCUT2D eigenvalue weighted by atomic mass is 10.2. The fraction of sp³-hybridized carbons (Fsp3) is 0.588. The molecule has 9 nitrogen and oxygen atoms in total. The van der Waals surface area contributed by atoms with Crippen molar-refractivity contribution in [3.63, 3.8) is 0 Å². The van der Waals surface area contributed by atoms with Crippen LogP contribution >= 0.6 is 0 Å². The molecular formula is C17H28N2O7. The maximum absolute atomic E-state index is 12.0. The van der Waals surface area contributed by atoms with Gasteiger partial charge in [0.15, 0.2) is 0 Å². The summed E-state index contributed by atoms with van der Waals surface area (Å²) in [6.07, 6.45) is 1.36. The van der Waals surface area contributed by atoms with Crippen LogP contribution in [0.4, 0.5) is 9.59 Å². The highest BCUT2D eigenvalue weighted by Gasteiger charge is 2.24. The predicted molar refractivity (Wildman–Crippen MR) is 94.2 cm³/mol. The number of nitrogens with zero attached hydrogens (tertiary/aromatic N) is 1. The predicted octanol–water partition coefficient (Wildman–Crippen LogP) is 2.18. The molecule has 2 amide bonds. The number of esters is 1. The first-order chi connectivity index (χ1) is 12.1. The van der Waals surface area contributed by atoms with Crippen LogP contribution in [0, 0.1) is 0 Å². The lowest BCUT2D eigenvalue weighted by molar-refractivity contribution is -0.149. The van der Waals surface area contributed by atoms with E-state index in [-0.39, 0.29) is 26.2 Å². The highest BCUT2D eigenvalue weighted by atomic mass is 16.7. The van der Waals surface area contributed by atoms with Crippen LogP contribution in [0.3, 0.4) is 0 Å². The van der Waals surface area contributed by atoms with Gasteiger partial charge in [0.25, 0.3) is 0 Å². The van der Waals surface area contributed by atoms with Gasteiger partial charge in [0, 0.05) is 13.5 Å². The maximum Gasteiger partial charge on any atom is 0.434 e. The quantitative estimate of drug-likeness (QED) is 0.271. The number of carbonyl (C=O) groups is 3. The van der Waals surface area contributed by atoms with E-state index in [2.05, 4.69) is 18.5 Å². The number of amides is 2. The first-order valence-corrected chi connectivity index (χ1v) is 8.02. The monoisotopic (exact) mass is 372 g/mol.